The van der Waals surface area contributed by atoms with Crippen molar-refractivity contribution < 1.29 is 14.0 Å². The maximum atomic E-state index is 12.3. The number of hydrogen-bond donors (Lipinski definition) is 0. The molecule has 0 radical (unpaired) electrons. The lowest BCUT2D eigenvalue weighted by Gasteiger charge is -2.21. The Hall–Kier alpha value is -2.56. The largest absolute Gasteiger partial charge is 0.459 e. The van der Waals surface area contributed by atoms with E-state index in [9.17, 15) is 9.59 Å². The van der Waals surface area contributed by atoms with Crippen LogP contribution in [0, 0.1) is 0 Å². The standard InChI is InChI=1S/C16H16N2O3/c19-15-8-9-17(16(20)14-7-4-12-21-14)10-11-18(15)13-5-2-1-3-6-13/h1-7,12H,8-11H2. The molecular weight excluding hydrogens is 268 g/mol. The van der Waals surface area contributed by atoms with Crippen molar-refractivity contribution in [1.82, 2.24) is 4.90 Å². The van der Waals surface area contributed by atoms with Gasteiger partial charge in [0.2, 0.25) is 5.91 Å². The van der Waals surface area contributed by atoms with Crippen molar-refractivity contribution >= 4 is 17.5 Å². The highest BCUT2D eigenvalue weighted by molar-refractivity contribution is 5.96. The molecule has 2 aromatic rings. The molecule has 0 spiro atoms. The number of hydrogen-bond acceptors (Lipinski definition) is 3. The summed E-state index contributed by atoms with van der Waals surface area (Å²) in [6, 6.07) is 12.9. The van der Waals surface area contributed by atoms with Crippen LogP contribution < -0.4 is 4.90 Å². The predicted molar refractivity (Wildman–Crippen MR) is 78.0 cm³/mol. The molecule has 5 nitrogen and oxygen atoms in total. The van der Waals surface area contributed by atoms with E-state index >= 15 is 0 Å². The quantitative estimate of drug-likeness (QED) is 0.849. The highest BCUT2D eigenvalue weighted by Crippen LogP contribution is 2.18. The lowest BCUT2D eigenvalue weighted by Crippen LogP contribution is -2.35. The summed E-state index contributed by atoms with van der Waals surface area (Å²) in [7, 11) is 0. The van der Waals surface area contributed by atoms with Gasteiger partial charge >= 0.3 is 0 Å². The molecule has 5 heteroatoms. The summed E-state index contributed by atoms with van der Waals surface area (Å²) in [5, 5.41) is 0. The fraction of sp³-hybridized carbons (Fsp3) is 0.250. The van der Waals surface area contributed by atoms with Gasteiger partial charge in [-0.05, 0) is 24.3 Å². The summed E-state index contributed by atoms with van der Waals surface area (Å²) in [5.41, 5.74) is 0.870. The molecule has 0 N–H and O–H groups in total. The molecule has 1 saturated heterocycles. The summed E-state index contributed by atoms with van der Waals surface area (Å²) in [6.45, 7) is 1.41. The second kappa shape index (κ2) is 5.83. The molecule has 1 aliphatic heterocycles. The number of carbonyl (C=O) groups excluding carboxylic acids is 2. The van der Waals surface area contributed by atoms with E-state index in [1.54, 1.807) is 21.9 Å². The second-order valence-electron chi connectivity index (χ2n) is 4.90. The fourth-order valence-electron chi connectivity index (χ4n) is 2.46. The van der Waals surface area contributed by atoms with Crippen LogP contribution in [0.25, 0.3) is 0 Å². The van der Waals surface area contributed by atoms with E-state index in [-0.39, 0.29) is 11.8 Å². The van der Waals surface area contributed by atoms with Crippen molar-refractivity contribution in [3.63, 3.8) is 0 Å². The molecule has 0 saturated carbocycles. The first-order chi connectivity index (χ1) is 10.3. The van der Waals surface area contributed by atoms with Crippen molar-refractivity contribution in [3.05, 3.63) is 54.5 Å². The number of nitrogens with zero attached hydrogens (tertiary/aromatic N) is 2. The van der Waals surface area contributed by atoms with Gasteiger partial charge in [-0.15, -0.1) is 0 Å². The van der Waals surface area contributed by atoms with Gasteiger partial charge in [0.05, 0.1) is 6.26 Å². The molecule has 1 aromatic carbocycles. The number of benzene rings is 1. The number of rotatable bonds is 2. The second-order valence-corrected chi connectivity index (χ2v) is 4.90. The van der Waals surface area contributed by atoms with Crippen molar-refractivity contribution in [2.45, 2.75) is 6.42 Å². The van der Waals surface area contributed by atoms with Gasteiger partial charge in [0.15, 0.2) is 5.76 Å². The van der Waals surface area contributed by atoms with Gasteiger partial charge in [0.25, 0.3) is 5.91 Å². The molecule has 108 valence electrons. The summed E-state index contributed by atoms with van der Waals surface area (Å²) in [5.74, 6) is 0.189. The van der Waals surface area contributed by atoms with Gasteiger partial charge < -0.3 is 14.2 Å². The molecule has 0 bridgehead atoms. The molecule has 3 rings (SSSR count). The molecule has 0 aliphatic carbocycles. The van der Waals surface area contributed by atoms with E-state index in [1.807, 2.05) is 30.3 Å². The van der Waals surface area contributed by atoms with Crippen LogP contribution in [0.15, 0.2) is 53.1 Å². The third-order valence-corrected chi connectivity index (χ3v) is 3.58. The van der Waals surface area contributed by atoms with Crippen LogP contribution >= 0.6 is 0 Å². The Labute approximate surface area is 122 Å². The summed E-state index contributed by atoms with van der Waals surface area (Å²) in [6.07, 6.45) is 1.80. The first-order valence-corrected chi connectivity index (χ1v) is 6.94. The third-order valence-electron chi connectivity index (χ3n) is 3.58. The van der Waals surface area contributed by atoms with Crippen molar-refractivity contribution in [1.29, 1.82) is 0 Å². The molecule has 21 heavy (non-hydrogen) atoms. The molecule has 2 heterocycles. The van der Waals surface area contributed by atoms with Crippen LogP contribution in [0.3, 0.4) is 0 Å². The molecule has 0 unspecified atom stereocenters. The summed E-state index contributed by atoms with van der Waals surface area (Å²) >= 11 is 0. The zero-order valence-electron chi connectivity index (χ0n) is 11.6. The minimum absolute atomic E-state index is 0.0379. The fourth-order valence-corrected chi connectivity index (χ4v) is 2.46. The van der Waals surface area contributed by atoms with Crippen LogP contribution in [0.5, 0.6) is 0 Å². The average molecular weight is 284 g/mol. The Kier molecular flexibility index (Phi) is 3.73. The smallest absolute Gasteiger partial charge is 0.289 e. The van der Waals surface area contributed by atoms with E-state index in [2.05, 4.69) is 0 Å². The number of amides is 2. The maximum absolute atomic E-state index is 12.3. The van der Waals surface area contributed by atoms with Crippen molar-refractivity contribution in [3.8, 4) is 0 Å². The first kappa shape index (κ1) is 13.4. The summed E-state index contributed by atoms with van der Waals surface area (Å²) < 4.78 is 5.14. The van der Waals surface area contributed by atoms with E-state index in [4.69, 9.17) is 4.42 Å². The molecule has 2 amide bonds. The van der Waals surface area contributed by atoms with Gasteiger partial charge in [-0.2, -0.15) is 0 Å². The van der Waals surface area contributed by atoms with Gasteiger partial charge in [-0.25, -0.2) is 0 Å². The van der Waals surface area contributed by atoms with Crippen molar-refractivity contribution in [2.75, 3.05) is 24.5 Å². The molecule has 1 fully saturated rings. The zero-order chi connectivity index (χ0) is 14.7. The molecule has 0 atom stereocenters. The Morgan fingerprint density at radius 1 is 1.00 bits per heavy atom. The van der Waals surface area contributed by atoms with E-state index in [0.29, 0.717) is 31.8 Å². The van der Waals surface area contributed by atoms with Crippen LogP contribution in [0.4, 0.5) is 5.69 Å². The lowest BCUT2D eigenvalue weighted by atomic mass is 10.2. The molecule has 1 aliphatic rings. The Balaban J connectivity index is 1.74. The SMILES string of the molecule is O=C(c1ccco1)N1CCC(=O)N(c2ccccc2)CC1. The predicted octanol–water partition coefficient (Wildman–Crippen LogP) is 2.16. The number of para-hydroxylation sites is 1. The van der Waals surface area contributed by atoms with Gasteiger partial charge in [0, 0.05) is 31.7 Å². The normalized spacial score (nSPS) is 15.9. The van der Waals surface area contributed by atoms with Crippen LogP contribution in [0.2, 0.25) is 0 Å². The minimum Gasteiger partial charge on any atom is -0.459 e. The number of furan rings is 1. The van der Waals surface area contributed by atoms with E-state index < -0.39 is 0 Å². The van der Waals surface area contributed by atoms with Gasteiger partial charge in [-0.3, -0.25) is 9.59 Å². The van der Waals surface area contributed by atoms with Gasteiger partial charge in [-0.1, -0.05) is 18.2 Å². The number of anilines is 1. The maximum Gasteiger partial charge on any atom is 0.289 e. The average Bonchev–Trinajstić information content (AvgIpc) is 2.98. The van der Waals surface area contributed by atoms with Crippen LogP contribution in [-0.4, -0.2) is 36.3 Å². The van der Waals surface area contributed by atoms with Crippen molar-refractivity contribution in [2.24, 2.45) is 0 Å². The van der Waals surface area contributed by atoms with Crippen LogP contribution in [-0.2, 0) is 4.79 Å². The third kappa shape index (κ3) is 2.81. The van der Waals surface area contributed by atoms with Crippen LogP contribution in [0.1, 0.15) is 17.0 Å². The highest BCUT2D eigenvalue weighted by atomic mass is 16.3. The molecular formula is C16H16N2O3. The molecule has 1 aromatic heterocycles. The van der Waals surface area contributed by atoms with E-state index in [0.717, 1.165) is 5.69 Å². The monoisotopic (exact) mass is 284 g/mol. The first-order valence-electron chi connectivity index (χ1n) is 6.94. The number of carbonyl (C=O) groups is 2. The van der Waals surface area contributed by atoms with E-state index in [1.165, 1.54) is 6.26 Å². The lowest BCUT2D eigenvalue weighted by molar-refractivity contribution is -0.118. The Bertz CT molecular complexity index is 622. The summed E-state index contributed by atoms with van der Waals surface area (Å²) in [4.78, 5) is 27.9. The Morgan fingerprint density at radius 2 is 1.81 bits per heavy atom. The zero-order valence-corrected chi connectivity index (χ0v) is 11.6. The Morgan fingerprint density at radius 3 is 2.52 bits per heavy atom. The highest BCUT2D eigenvalue weighted by Gasteiger charge is 2.26. The van der Waals surface area contributed by atoms with Gasteiger partial charge in [0.1, 0.15) is 0 Å². The minimum atomic E-state index is -0.164. The topological polar surface area (TPSA) is 53.8 Å².